The number of thioether (sulfide) groups is 1. The maximum atomic E-state index is 11.0. The lowest BCUT2D eigenvalue weighted by Crippen LogP contribution is -2.42. The highest BCUT2D eigenvalue weighted by atomic mass is 32.2. The highest BCUT2D eigenvalue weighted by molar-refractivity contribution is 8.14. The predicted octanol–water partition coefficient (Wildman–Crippen LogP) is 1.37. The van der Waals surface area contributed by atoms with Gasteiger partial charge in [-0.2, -0.15) is 0 Å². The standard InChI is InChI=1S/C11H21N3OS/c1-4-11(5-2)8-16-10(14-11)13-7-6-9(15)12-3/h4-8H2,1-3H3,(H,12,15)(H,13,14). The molecule has 0 radical (unpaired) electrons. The van der Waals surface area contributed by atoms with Crippen molar-refractivity contribution in [1.82, 2.24) is 10.6 Å². The van der Waals surface area contributed by atoms with Crippen LogP contribution in [0.5, 0.6) is 0 Å². The lowest BCUT2D eigenvalue weighted by atomic mass is 9.96. The molecule has 1 aliphatic rings. The summed E-state index contributed by atoms with van der Waals surface area (Å²) < 4.78 is 0. The average Bonchev–Trinajstić information content (AvgIpc) is 2.73. The largest absolute Gasteiger partial charge is 0.359 e. The van der Waals surface area contributed by atoms with Crippen molar-refractivity contribution in [2.24, 2.45) is 4.99 Å². The van der Waals surface area contributed by atoms with E-state index >= 15 is 0 Å². The number of carbonyl (C=O) groups excluding carboxylic acids is 1. The molecule has 5 heteroatoms. The molecule has 1 heterocycles. The van der Waals surface area contributed by atoms with Gasteiger partial charge < -0.3 is 10.6 Å². The summed E-state index contributed by atoms with van der Waals surface area (Å²) in [5.74, 6) is 1.13. The molecule has 0 spiro atoms. The molecule has 92 valence electrons. The van der Waals surface area contributed by atoms with E-state index in [0.29, 0.717) is 13.0 Å². The van der Waals surface area contributed by atoms with Crippen LogP contribution in [0.3, 0.4) is 0 Å². The van der Waals surface area contributed by atoms with Gasteiger partial charge in [0.05, 0.1) is 6.54 Å². The van der Waals surface area contributed by atoms with E-state index in [0.717, 1.165) is 23.8 Å². The van der Waals surface area contributed by atoms with Gasteiger partial charge in [-0.1, -0.05) is 25.6 Å². The van der Waals surface area contributed by atoms with Crippen LogP contribution in [-0.4, -0.2) is 36.0 Å². The number of hydrogen-bond donors (Lipinski definition) is 2. The van der Waals surface area contributed by atoms with Crippen LogP contribution in [0.2, 0.25) is 0 Å². The van der Waals surface area contributed by atoms with Crippen molar-refractivity contribution in [3.05, 3.63) is 0 Å². The molecule has 0 aromatic carbocycles. The van der Waals surface area contributed by atoms with Gasteiger partial charge in [-0.3, -0.25) is 9.79 Å². The summed E-state index contributed by atoms with van der Waals surface area (Å²) in [6.45, 7) is 4.97. The van der Waals surface area contributed by atoms with E-state index in [9.17, 15) is 4.79 Å². The van der Waals surface area contributed by atoms with Crippen LogP contribution in [0.4, 0.5) is 0 Å². The summed E-state index contributed by atoms with van der Waals surface area (Å²) in [5.41, 5.74) is 0.219. The van der Waals surface area contributed by atoms with Crippen LogP contribution in [0, 0.1) is 0 Å². The fourth-order valence-electron chi connectivity index (χ4n) is 1.61. The average molecular weight is 243 g/mol. The lowest BCUT2D eigenvalue weighted by molar-refractivity contribution is -0.120. The fraction of sp³-hybridized carbons (Fsp3) is 0.818. The van der Waals surface area contributed by atoms with Crippen LogP contribution < -0.4 is 10.6 Å². The van der Waals surface area contributed by atoms with Crippen molar-refractivity contribution in [1.29, 1.82) is 0 Å². The summed E-state index contributed by atoms with van der Waals surface area (Å²) in [5, 5.41) is 7.06. The topological polar surface area (TPSA) is 53.5 Å². The molecule has 16 heavy (non-hydrogen) atoms. The summed E-state index contributed by atoms with van der Waals surface area (Å²) in [6, 6.07) is 0. The Morgan fingerprint density at radius 1 is 1.56 bits per heavy atom. The molecule has 1 amide bonds. The number of nitrogens with zero attached hydrogens (tertiary/aromatic N) is 1. The smallest absolute Gasteiger partial charge is 0.221 e. The maximum Gasteiger partial charge on any atom is 0.221 e. The third kappa shape index (κ3) is 3.40. The number of aliphatic imine (C=N–C) groups is 1. The predicted molar refractivity (Wildman–Crippen MR) is 69.9 cm³/mol. The maximum absolute atomic E-state index is 11.0. The van der Waals surface area contributed by atoms with E-state index in [-0.39, 0.29) is 11.4 Å². The van der Waals surface area contributed by atoms with Gasteiger partial charge in [-0.05, 0) is 12.8 Å². The van der Waals surface area contributed by atoms with Crippen molar-refractivity contribution in [3.8, 4) is 0 Å². The molecule has 0 aromatic rings. The molecule has 0 atom stereocenters. The summed E-state index contributed by atoms with van der Waals surface area (Å²) >= 11 is 1.76. The minimum absolute atomic E-state index is 0.0459. The monoisotopic (exact) mass is 243 g/mol. The van der Waals surface area contributed by atoms with E-state index < -0.39 is 0 Å². The second kappa shape index (κ2) is 6.13. The van der Waals surface area contributed by atoms with E-state index in [1.807, 2.05) is 0 Å². The van der Waals surface area contributed by atoms with E-state index in [2.05, 4.69) is 29.5 Å². The van der Waals surface area contributed by atoms with Gasteiger partial charge in [-0.15, -0.1) is 0 Å². The minimum atomic E-state index is 0.0459. The molecule has 1 saturated heterocycles. The number of rotatable bonds is 5. The summed E-state index contributed by atoms with van der Waals surface area (Å²) in [7, 11) is 1.65. The Balaban J connectivity index is 2.40. The van der Waals surface area contributed by atoms with Crippen molar-refractivity contribution >= 4 is 22.8 Å². The first-order valence-electron chi connectivity index (χ1n) is 5.82. The van der Waals surface area contributed by atoms with E-state index in [1.54, 1.807) is 18.8 Å². The van der Waals surface area contributed by atoms with Crippen LogP contribution in [0.15, 0.2) is 4.99 Å². The Kier molecular flexibility index (Phi) is 5.12. The zero-order chi connectivity index (χ0) is 12.0. The molecule has 4 nitrogen and oxygen atoms in total. The van der Waals surface area contributed by atoms with Gasteiger partial charge >= 0.3 is 0 Å². The Morgan fingerprint density at radius 3 is 2.75 bits per heavy atom. The van der Waals surface area contributed by atoms with Crippen molar-refractivity contribution < 1.29 is 4.79 Å². The second-order valence-corrected chi connectivity index (χ2v) is 4.98. The highest BCUT2D eigenvalue weighted by Gasteiger charge is 2.33. The van der Waals surface area contributed by atoms with Crippen molar-refractivity contribution in [2.75, 3.05) is 19.3 Å². The quantitative estimate of drug-likeness (QED) is 0.767. The number of nitrogens with one attached hydrogen (secondary N) is 2. The molecule has 0 aliphatic carbocycles. The third-order valence-electron chi connectivity index (χ3n) is 3.08. The van der Waals surface area contributed by atoms with E-state index in [4.69, 9.17) is 0 Å². The fourth-order valence-corrected chi connectivity index (χ4v) is 2.97. The van der Waals surface area contributed by atoms with Crippen molar-refractivity contribution in [2.45, 2.75) is 38.6 Å². The Morgan fingerprint density at radius 2 is 2.25 bits per heavy atom. The van der Waals surface area contributed by atoms with Gasteiger partial charge in [0.1, 0.15) is 0 Å². The highest BCUT2D eigenvalue weighted by Crippen LogP contribution is 2.28. The number of carbonyl (C=O) groups is 1. The first kappa shape index (κ1) is 13.4. The van der Waals surface area contributed by atoms with Gasteiger partial charge in [0, 0.05) is 24.8 Å². The molecular weight excluding hydrogens is 222 g/mol. The Hall–Kier alpha value is -0.710. The number of amidine groups is 1. The zero-order valence-corrected chi connectivity index (χ0v) is 11.1. The molecule has 0 unspecified atom stereocenters. The molecule has 0 bridgehead atoms. The number of amides is 1. The lowest BCUT2D eigenvalue weighted by Gasteiger charge is -2.25. The van der Waals surface area contributed by atoms with Gasteiger partial charge in [0.2, 0.25) is 5.91 Å². The SMILES string of the molecule is CCC1(CC)CSC(=NCCC(=O)NC)N1. The van der Waals surface area contributed by atoms with Gasteiger partial charge in [0.25, 0.3) is 0 Å². The third-order valence-corrected chi connectivity index (χ3v) is 4.29. The second-order valence-electron chi connectivity index (χ2n) is 4.01. The number of hydrogen-bond acceptors (Lipinski definition) is 3. The Labute approximate surface area is 102 Å². The molecule has 0 saturated carbocycles. The zero-order valence-electron chi connectivity index (χ0n) is 10.3. The molecule has 1 aliphatic heterocycles. The van der Waals surface area contributed by atoms with Crippen LogP contribution in [0.1, 0.15) is 33.1 Å². The summed E-state index contributed by atoms with van der Waals surface area (Å²) in [4.78, 5) is 15.4. The van der Waals surface area contributed by atoms with Crippen LogP contribution in [0.25, 0.3) is 0 Å². The van der Waals surface area contributed by atoms with E-state index in [1.165, 1.54) is 0 Å². The van der Waals surface area contributed by atoms with Gasteiger partial charge in [0.15, 0.2) is 5.17 Å². The molecule has 0 aromatic heterocycles. The van der Waals surface area contributed by atoms with Crippen molar-refractivity contribution in [3.63, 3.8) is 0 Å². The molecular formula is C11H21N3OS. The van der Waals surface area contributed by atoms with Crippen LogP contribution in [-0.2, 0) is 4.79 Å². The molecule has 1 rings (SSSR count). The van der Waals surface area contributed by atoms with Gasteiger partial charge in [-0.25, -0.2) is 0 Å². The Bertz CT molecular complexity index is 274. The molecule has 2 N–H and O–H groups in total. The summed E-state index contributed by atoms with van der Waals surface area (Å²) in [6.07, 6.45) is 2.70. The minimum Gasteiger partial charge on any atom is -0.359 e. The van der Waals surface area contributed by atoms with Crippen LogP contribution >= 0.6 is 11.8 Å². The molecule has 1 fully saturated rings. The first-order valence-corrected chi connectivity index (χ1v) is 6.80. The normalized spacial score (nSPS) is 20.8. The first-order chi connectivity index (χ1) is 7.65.